The van der Waals surface area contributed by atoms with Crippen LogP contribution in [0.4, 0.5) is 0 Å². The lowest BCUT2D eigenvalue weighted by Crippen LogP contribution is -2.33. The molecular weight excluding hydrogens is 803 g/mol. The number of benzene rings is 10. The molecule has 0 saturated carbocycles. The number of nitrogens with one attached hydrogen (secondary N) is 1. The zero-order valence-corrected chi connectivity index (χ0v) is 35.9. The van der Waals surface area contributed by atoms with E-state index in [-0.39, 0.29) is 6.17 Å². The summed E-state index contributed by atoms with van der Waals surface area (Å²) in [6.45, 7) is 0. The fourth-order valence-electron chi connectivity index (χ4n) is 10.2. The van der Waals surface area contributed by atoms with Gasteiger partial charge in [-0.25, -0.2) is 9.98 Å². The Morgan fingerprint density at radius 2 is 0.955 bits per heavy atom. The molecule has 1 unspecified atom stereocenters. The minimum atomic E-state index is -0.337. The molecule has 1 aliphatic rings. The van der Waals surface area contributed by atoms with Crippen molar-refractivity contribution >= 4 is 66.1 Å². The van der Waals surface area contributed by atoms with E-state index in [0.717, 1.165) is 56.1 Å². The Bertz CT molecular complexity index is 3880. The first-order valence-corrected chi connectivity index (χ1v) is 22.5. The summed E-state index contributed by atoms with van der Waals surface area (Å²) in [5, 5.41) is 10.9. The van der Waals surface area contributed by atoms with Crippen LogP contribution in [0.1, 0.15) is 22.9 Å². The summed E-state index contributed by atoms with van der Waals surface area (Å²) in [7, 11) is 0. The minimum Gasteiger partial charge on any atom is -0.344 e. The highest BCUT2D eigenvalue weighted by atomic mass is 15.2. The maximum absolute atomic E-state index is 5.41. The molecule has 0 saturated heterocycles. The predicted molar refractivity (Wildman–Crippen MR) is 275 cm³/mol. The van der Waals surface area contributed by atoms with Crippen LogP contribution in [0, 0.1) is 0 Å². The van der Waals surface area contributed by atoms with Gasteiger partial charge in [0.05, 0.1) is 27.8 Å². The van der Waals surface area contributed by atoms with E-state index in [1.54, 1.807) is 0 Å². The first-order valence-electron chi connectivity index (χ1n) is 22.5. The second-order valence-corrected chi connectivity index (χ2v) is 17.0. The first-order chi connectivity index (χ1) is 32.7. The molecule has 310 valence electrons. The summed E-state index contributed by atoms with van der Waals surface area (Å²) in [4.78, 5) is 10.8. The van der Waals surface area contributed by atoms with E-state index in [1.165, 1.54) is 54.5 Å². The van der Waals surface area contributed by atoms with Crippen molar-refractivity contribution < 1.29 is 0 Å². The van der Waals surface area contributed by atoms with Crippen molar-refractivity contribution in [1.29, 1.82) is 0 Å². The van der Waals surface area contributed by atoms with Crippen LogP contribution in [0.3, 0.4) is 0 Å². The molecule has 0 radical (unpaired) electrons. The normalized spacial score (nSPS) is 13.9. The van der Waals surface area contributed by atoms with E-state index in [1.807, 2.05) is 12.1 Å². The van der Waals surface area contributed by atoms with Crippen molar-refractivity contribution in [1.82, 2.24) is 14.5 Å². The van der Waals surface area contributed by atoms with E-state index in [2.05, 4.69) is 239 Å². The summed E-state index contributed by atoms with van der Waals surface area (Å²) in [6, 6.07) is 84.8. The molecule has 0 spiro atoms. The van der Waals surface area contributed by atoms with Crippen LogP contribution in [0.5, 0.6) is 0 Å². The maximum Gasteiger partial charge on any atom is 0.161 e. The van der Waals surface area contributed by atoms with Crippen LogP contribution in [-0.4, -0.2) is 20.8 Å². The molecule has 1 aliphatic heterocycles. The summed E-state index contributed by atoms with van der Waals surface area (Å²) < 4.78 is 4.87. The smallest absolute Gasteiger partial charge is 0.161 e. The highest BCUT2D eigenvalue weighted by Gasteiger charge is 2.26. The highest BCUT2D eigenvalue weighted by Crippen LogP contribution is 2.45. The van der Waals surface area contributed by atoms with Gasteiger partial charge in [-0.05, 0) is 93.2 Å². The van der Waals surface area contributed by atoms with Gasteiger partial charge in [0.15, 0.2) is 5.84 Å². The largest absolute Gasteiger partial charge is 0.344 e. The Labute approximate surface area is 381 Å². The number of nitrogens with zero attached hydrogens (tertiary/aromatic N) is 4. The lowest BCUT2D eigenvalue weighted by molar-refractivity contribution is 0.674. The Morgan fingerprint density at radius 1 is 0.379 bits per heavy atom. The fourth-order valence-corrected chi connectivity index (χ4v) is 10.2. The van der Waals surface area contributed by atoms with Gasteiger partial charge in [-0.1, -0.05) is 182 Å². The molecule has 0 aliphatic carbocycles. The van der Waals surface area contributed by atoms with Crippen LogP contribution in [0.15, 0.2) is 247 Å². The summed E-state index contributed by atoms with van der Waals surface area (Å²) in [6.07, 6.45) is -0.337. The van der Waals surface area contributed by atoms with Crippen molar-refractivity contribution in [2.75, 3.05) is 0 Å². The van der Waals surface area contributed by atoms with E-state index in [0.29, 0.717) is 5.84 Å². The average molecular weight is 844 g/mol. The average Bonchev–Trinajstić information content (AvgIpc) is 3.91. The fraction of sp³-hybridized carbons (Fsp3) is 0.0164. The highest BCUT2D eigenvalue weighted by molar-refractivity contribution is 6.24. The predicted octanol–water partition coefficient (Wildman–Crippen LogP) is 14.9. The quantitative estimate of drug-likeness (QED) is 0.171. The number of aliphatic imine (C=N–C) groups is 2. The first kappa shape index (κ1) is 37.7. The third-order valence-electron chi connectivity index (χ3n) is 13.2. The van der Waals surface area contributed by atoms with E-state index >= 15 is 0 Å². The van der Waals surface area contributed by atoms with Crippen molar-refractivity contribution in [3.8, 4) is 33.6 Å². The standard InChI is InChI=1S/C61H41N5/c1-5-19-40(20-6-1)45-35-36-50(61-63-59(41-21-7-2-8-22-41)62-60(64-61)42-23-9-3-10-24-42)55(39-45)66-52-32-16-15-29-49(52)57-47(30-18-34-54(57)66)48-31-17-33-53-58(48)51-37-43-25-13-14-26-44(43)38-56(51)65(53)46-27-11-4-12-28-46/h1-39,59H,(H,62,63,64). The molecule has 5 heteroatoms. The molecule has 2 aromatic heterocycles. The van der Waals surface area contributed by atoms with Crippen molar-refractivity contribution in [3.05, 3.63) is 253 Å². The molecule has 10 aromatic carbocycles. The van der Waals surface area contributed by atoms with Gasteiger partial charge < -0.3 is 14.5 Å². The van der Waals surface area contributed by atoms with Gasteiger partial charge in [0.1, 0.15) is 12.0 Å². The molecule has 0 amide bonds. The van der Waals surface area contributed by atoms with Gasteiger partial charge in [0, 0.05) is 38.4 Å². The topological polar surface area (TPSA) is 46.6 Å². The van der Waals surface area contributed by atoms with Crippen LogP contribution < -0.4 is 5.32 Å². The molecule has 0 bridgehead atoms. The van der Waals surface area contributed by atoms with Crippen LogP contribution >= 0.6 is 0 Å². The van der Waals surface area contributed by atoms with E-state index in [4.69, 9.17) is 9.98 Å². The number of rotatable bonds is 7. The lowest BCUT2D eigenvalue weighted by Gasteiger charge is -2.25. The SMILES string of the molecule is c1ccc(C2=NC(c3ccc(-c4ccccc4)cc3-n3c4ccccc4c4c(-c5cccc6c5c5cc7ccccc7cc5n6-c5ccccc5)cccc43)=NC(c3ccccc3)N2)cc1. The second-order valence-electron chi connectivity index (χ2n) is 17.0. The van der Waals surface area contributed by atoms with E-state index in [9.17, 15) is 0 Å². The van der Waals surface area contributed by atoms with Crippen molar-refractivity contribution in [2.24, 2.45) is 9.98 Å². The molecule has 13 rings (SSSR count). The molecular formula is C61H41N5. The number of aromatic nitrogens is 2. The monoisotopic (exact) mass is 843 g/mol. The second kappa shape index (κ2) is 15.5. The third-order valence-corrected chi connectivity index (χ3v) is 13.2. The van der Waals surface area contributed by atoms with Crippen molar-refractivity contribution in [3.63, 3.8) is 0 Å². The molecule has 3 heterocycles. The van der Waals surface area contributed by atoms with Crippen LogP contribution in [-0.2, 0) is 0 Å². The van der Waals surface area contributed by atoms with Gasteiger partial charge in [-0.2, -0.15) is 0 Å². The summed E-state index contributed by atoms with van der Waals surface area (Å²) >= 11 is 0. The van der Waals surface area contributed by atoms with Gasteiger partial charge in [0.2, 0.25) is 0 Å². The van der Waals surface area contributed by atoms with Gasteiger partial charge in [0.25, 0.3) is 0 Å². The minimum absolute atomic E-state index is 0.337. The molecule has 12 aromatic rings. The lowest BCUT2D eigenvalue weighted by atomic mass is 9.95. The molecule has 66 heavy (non-hydrogen) atoms. The molecule has 0 fully saturated rings. The number of hydrogen-bond acceptors (Lipinski definition) is 3. The number of para-hydroxylation sites is 2. The number of hydrogen-bond donors (Lipinski definition) is 1. The van der Waals surface area contributed by atoms with Gasteiger partial charge in [-0.15, -0.1) is 0 Å². The molecule has 1 atom stereocenters. The summed E-state index contributed by atoms with van der Waals surface area (Å²) in [5.41, 5.74) is 14.4. The maximum atomic E-state index is 5.41. The Kier molecular flexibility index (Phi) is 8.84. The Morgan fingerprint density at radius 3 is 1.68 bits per heavy atom. The Balaban J connectivity index is 1.10. The van der Waals surface area contributed by atoms with Gasteiger partial charge in [-0.3, -0.25) is 0 Å². The van der Waals surface area contributed by atoms with E-state index < -0.39 is 0 Å². The van der Waals surface area contributed by atoms with Crippen LogP contribution in [0.25, 0.3) is 88.0 Å². The van der Waals surface area contributed by atoms with Crippen molar-refractivity contribution in [2.45, 2.75) is 6.17 Å². The molecule has 1 N–H and O–H groups in total. The molecule has 5 nitrogen and oxygen atoms in total. The van der Waals surface area contributed by atoms with Gasteiger partial charge >= 0.3 is 0 Å². The summed E-state index contributed by atoms with van der Waals surface area (Å²) in [5.74, 6) is 1.46. The third kappa shape index (κ3) is 6.16. The van der Waals surface area contributed by atoms with Crippen LogP contribution in [0.2, 0.25) is 0 Å². The number of fused-ring (bicyclic) bond motifs is 7. The zero-order valence-electron chi connectivity index (χ0n) is 35.9. The number of amidine groups is 2. The zero-order chi connectivity index (χ0) is 43.6. The Hall–Kier alpha value is -8.80.